The lowest BCUT2D eigenvalue weighted by atomic mass is 10.2. The smallest absolute Gasteiger partial charge is 0.273 e. The van der Waals surface area contributed by atoms with Crippen LogP contribution in [0.5, 0.6) is 0 Å². The monoisotopic (exact) mass is 367 g/mol. The van der Waals surface area contributed by atoms with Crippen LogP contribution in [0.3, 0.4) is 0 Å². The average molecular weight is 367 g/mol. The number of carbonyl (C=O) groups excluding carboxylic acids is 2. The van der Waals surface area contributed by atoms with E-state index in [1.807, 2.05) is 41.8 Å². The number of carbonyl (C=O) groups is 2. The quantitative estimate of drug-likeness (QED) is 0.749. The zero-order valence-corrected chi connectivity index (χ0v) is 14.8. The van der Waals surface area contributed by atoms with Crippen molar-refractivity contribution < 1.29 is 14.1 Å². The predicted octanol–water partition coefficient (Wildman–Crippen LogP) is 3.46. The van der Waals surface area contributed by atoms with Gasteiger partial charge in [-0.3, -0.25) is 9.59 Å². The normalized spacial score (nSPS) is 14.0. The number of hydrogen-bond acceptors (Lipinski definition) is 5. The van der Waals surface area contributed by atoms with Crippen molar-refractivity contribution in [3.8, 4) is 10.6 Å². The average Bonchev–Trinajstić information content (AvgIpc) is 3.40. The summed E-state index contributed by atoms with van der Waals surface area (Å²) in [5, 5.41) is 8.61. The number of aromatic nitrogens is 1. The first-order valence-corrected chi connectivity index (χ1v) is 9.27. The van der Waals surface area contributed by atoms with E-state index in [9.17, 15) is 9.59 Å². The molecule has 1 fully saturated rings. The van der Waals surface area contributed by atoms with E-state index in [0.29, 0.717) is 18.7 Å². The van der Waals surface area contributed by atoms with Gasteiger partial charge in [-0.15, -0.1) is 11.3 Å². The summed E-state index contributed by atoms with van der Waals surface area (Å²) in [6, 6.07) is 13.1. The van der Waals surface area contributed by atoms with Gasteiger partial charge in [-0.2, -0.15) is 0 Å². The second-order valence-electron chi connectivity index (χ2n) is 6.05. The summed E-state index contributed by atoms with van der Waals surface area (Å²) in [6.45, 7) is 1.15. The first kappa shape index (κ1) is 16.5. The molecule has 1 saturated heterocycles. The molecule has 1 N–H and O–H groups in total. The molecule has 0 spiro atoms. The number of rotatable bonds is 5. The van der Waals surface area contributed by atoms with Crippen molar-refractivity contribution in [3.63, 3.8) is 0 Å². The molecule has 2 aromatic heterocycles. The summed E-state index contributed by atoms with van der Waals surface area (Å²) in [5.41, 5.74) is 2.11. The van der Waals surface area contributed by atoms with Gasteiger partial charge in [0.25, 0.3) is 5.91 Å². The molecule has 0 aliphatic carbocycles. The maximum Gasteiger partial charge on any atom is 0.273 e. The van der Waals surface area contributed by atoms with Crippen molar-refractivity contribution >= 4 is 28.8 Å². The number of benzene rings is 1. The lowest BCUT2D eigenvalue weighted by Gasteiger charge is -2.16. The maximum absolute atomic E-state index is 12.2. The molecule has 0 bridgehead atoms. The van der Waals surface area contributed by atoms with Crippen LogP contribution in [0.15, 0.2) is 52.4 Å². The molecular weight excluding hydrogens is 350 g/mol. The maximum atomic E-state index is 12.2. The van der Waals surface area contributed by atoms with E-state index in [1.165, 1.54) is 11.3 Å². The van der Waals surface area contributed by atoms with Crippen molar-refractivity contribution in [2.24, 2.45) is 0 Å². The lowest BCUT2D eigenvalue weighted by Crippen LogP contribution is -2.24. The van der Waals surface area contributed by atoms with Crippen LogP contribution in [0.4, 0.5) is 5.69 Å². The Balaban J connectivity index is 1.36. The van der Waals surface area contributed by atoms with Crippen molar-refractivity contribution in [2.45, 2.75) is 19.4 Å². The molecule has 3 aromatic rings. The minimum absolute atomic E-state index is 0.165. The number of thiophene rings is 1. The Hall–Kier alpha value is -2.93. The van der Waals surface area contributed by atoms with Gasteiger partial charge in [0.05, 0.1) is 4.88 Å². The summed E-state index contributed by atoms with van der Waals surface area (Å²) < 4.78 is 5.23. The first-order chi connectivity index (χ1) is 12.7. The molecule has 7 heteroatoms. The molecule has 0 radical (unpaired) electrons. The van der Waals surface area contributed by atoms with E-state index in [-0.39, 0.29) is 17.5 Å². The number of anilines is 1. The largest absolute Gasteiger partial charge is 0.355 e. The fraction of sp³-hybridized carbons (Fsp3) is 0.211. The van der Waals surface area contributed by atoms with Gasteiger partial charge >= 0.3 is 0 Å². The highest BCUT2D eigenvalue weighted by atomic mass is 32.1. The third kappa shape index (κ3) is 3.39. The Morgan fingerprint density at radius 2 is 2.12 bits per heavy atom. The summed E-state index contributed by atoms with van der Waals surface area (Å²) in [4.78, 5) is 26.7. The van der Waals surface area contributed by atoms with E-state index in [2.05, 4.69) is 10.5 Å². The standard InChI is InChI=1S/C19H17N3O3S/c23-18-4-1-9-22(18)14-7-5-13(6-8-14)12-20-19(24)15-11-16(25-21-15)17-3-2-10-26-17/h2-3,5-8,10-11H,1,4,9,12H2,(H,20,24). The van der Waals surface area contributed by atoms with Crippen LogP contribution in [-0.4, -0.2) is 23.5 Å². The molecule has 26 heavy (non-hydrogen) atoms. The van der Waals surface area contributed by atoms with Gasteiger partial charge in [-0.05, 0) is 35.6 Å². The summed E-state index contributed by atoms with van der Waals surface area (Å²) in [5.74, 6) is 0.471. The molecule has 0 saturated carbocycles. The Morgan fingerprint density at radius 1 is 1.27 bits per heavy atom. The van der Waals surface area contributed by atoms with Crippen LogP contribution in [-0.2, 0) is 11.3 Å². The molecule has 0 atom stereocenters. The summed E-state index contributed by atoms with van der Waals surface area (Å²) in [6.07, 6.45) is 1.52. The van der Waals surface area contributed by atoms with Crippen molar-refractivity contribution in [1.82, 2.24) is 10.5 Å². The molecule has 1 aliphatic heterocycles. The zero-order valence-electron chi connectivity index (χ0n) is 14.0. The van der Waals surface area contributed by atoms with Crippen molar-refractivity contribution in [2.75, 3.05) is 11.4 Å². The summed E-state index contributed by atoms with van der Waals surface area (Å²) in [7, 11) is 0. The van der Waals surface area contributed by atoms with Gasteiger partial charge < -0.3 is 14.7 Å². The molecule has 1 aliphatic rings. The molecule has 4 rings (SSSR count). The van der Waals surface area contributed by atoms with Crippen LogP contribution in [0.25, 0.3) is 10.6 Å². The van der Waals surface area contributed by atoms with Crippen LogP contribution in [0.2, 0.25) is 0 Å². The van der Waals surface area contributed by atoms with Gasteiger partial charge in [0.15, 0.2) is 11.5 Å². The molecular formula is C19H17N3O3S. The number of amides is 2. The fourth-order valence-electron chi connectivity index (χ4n) is 2.90. The third-order valence-electron chi connectivity index (χ3n) is 4.28. The highest BCUT2D eigenvalue weighted by Gasteiger charge is 2.21. The topological polar surface area (TPSA) is 75.4 Å². The molecule has 1 aromatic carbocycles. The third-order valence-corrected chi connectivity index (χ3v) is 5.17. The highest BCUT2D eigenvalue weighted by molar-refractivity contribution is 7.13. The second-order valence-corrected chi connectivity index (χ2v) is 7.00. The minimum Gasteiger partial charge on any atom is -0.355 e. The number of hydrogen-bond donors (Lipinski definition) is 1. The highest BCUT2D eigenvalue weighted by Crippen LogP contribution is 2.25. The second kappa shape index (κ2) is 7.13. The Labute approximate surface area is 154 Å². The van der Waals surface area contributed by atoms with Gasteiger partial charge in [0, 0.05) is 31.3 Å². The first-order valence-electron chi connectivity index (χ1n) is 8.39. The van der Waals surface area contributed by atoms with Crippen molar-refractivity contribution in [1.29, 1.82) is 0 Å². The Morgan fingerprint density at radius 3 is 2.81 bits per heavy atom. The van der Waals surface area contributed by atoms with Gasteiger partial charge in [-0.25, -0.2) is 0 Å². The molecule has 2 amide bonds. The van der Waals surface area contributed by atoms with E-state index >= 15 is 0 Å². The minimum atomic E-state index is -0.282. The van der Waals surface area contributed by atoms with Crippen LogP contribution >= 0.6 is 11.3 Å². The summed E-state index contributed by atoms with van der Waals surface area (Å²) >= 11 is 1.53. The van der Waals surface area contributed by atoms with E-state index in [1.54, 1.807) is 11.0 Å². The Kier molecular flexibility index (Phi) is 4.53. The SMILES string of the molecule is O=C(NCc1ccc(N2CCCC2=O)cc1)c1cc(-c2cccs2)on1. The number of nitrogens with zero attached hydrogens (tertiary/aromatic N) is 2. The number of nitrogens with one attached hydrogen (secondary N) is 1. The van der Waals surface area contributed by atoms with Gasteiger partial charge in [0.1, 0.15) is 0 Å². The fourth-order valence-corrected chi connectivity index (χ4v) is 3.58. The Bertz CT molecular complexity index is 916. The van der Waals surface area contributed by atoms with Gasteiger partial charge in [-0.1, -0.05) is 23.4 Å². The van der Waals surface area contributed by atoms with Crippen LogP contribution in [0.1, 0.15) is 28.9 Å². The van der Waals surface area contributed by atoms with Crippen LogP contribution in [0, 0.1) is 0 Å². The van der Waals surface area contributed by atoms with Crippen molar-refractivity contribution in [3.05, 3.63) is 59.1 Å². The molecule has 132 valence electrons. The lowest BCUT2D eigenvalue weighted by molar-refractivity contribution is -0.117. The van der Waals surface area contributed by atoms with E-state index in [0.717, 1.165) is 29.1 Å². The van der Waals surface area contributed by atoms with E-state index < -0.39 is 0 Å². The van der Waals surface area contributed by atoms with E-state index in [4.69, 9.17) is 4.52 Å². The predicted molar refractivity (Wildman–Crippen MR) is 99.0 cm³/mol. The molecule has 6 nitrogen and oxygen atoms in total. The molecule has 3 heterocycles. The van der Waals surface area contributed by atoms with Crippen LogP contribution < -0.4 is 10.2 Å². The van der Waals surface area contributed by atoms with Gasteiger partial charge in [0.2, 0.25) is 5.91 Å². The molecule has 0 unspecified atom stereocenters. The zero-order chi connectivity index (χ0) is 17.9.